The number of carbonyl (C=O) groups excluding carboxylic acids is 1. The Labute approximate surface area is 106 Å². The summed E-state index contributed by atoms with van der Waals surface area (Å²) in [6, 6.07) is 5.02. The van der Waals surface area contributed by atoms with Gasteiger partial charge >= 0.3 is 0 Å². The van der Waals surface area contributed by atoms with Crippen LogP contribution < -0.4 is 5.32 Å². The highest BCUT2D eigenvalue weighted by atomic mass is 32.2. The summed E-state index contributed by atoms with van der Waals surface area (Å²) in [5, 5.41) is 2.46. The van der Waals surface area contributed by atoms with E-state index in [-0.39, 0.29) is 12.3 Å². The maximum Gasteiger partial charge on any atom is 0.251 e. The Bertz CT molecular complexity index is 512. The van der Waals surface area contributed by atoms with Crippen LogP contribution in [0, 0.1) is 5.82 Å². The van der Waals surface area contributed by atoms with E-state index < -0.39 is 21.7 Å². The van der Waals surface area contributed by atoms with Crippen molar-refractivity contribution in [1.82, 2.24) is 9.62 Å². The zero-order valence-corrected chi connectivity index (χ0v) is 11.0. The lowest BCUT2D eigenvalue weighted by molar-refractivity contribution is 0.0956. The van der Waals surface area contributed by atoms with Crippen molar-refractivity contribution < 1.29 is 17.6 Å². The normalized spacial score (nSPS) is 11.6. The van der Waals surface area contributed by atoms with Gasteiger partial charge in [0.2, 0.25) is 10.0 Å². The fourth-order valence-electron chi connectivity index (χ4n) is 1.18. The molecule has 0 radical (unpaired) electrons. The standard InChI is InChI=1S/C11H15FN2O3S/c1-14(2)18(16,17)8-7-13-11(15)9-3-5-10(12)6-4-9/h3-6H,7-8H2,1-2H3,(H,13,15). The summed E-state index contributed by atoms with van der Waals surface area (Å²) >= 11 is 0. The molecule has 0 fully saturated rings. The Balaban J connectivity index is 2.50. The fourth-order valence-corrected chi connectivity index (χ4v) is 1.90. The molecule has 100 valence electrons. The summed E-state index contributed by atoms with van der Waals surface area (Å²) < 4.78 is 36.6. The third-order valence-corrected chi connectivity index (χ3v) is 4.14. The lowest BCUT2D eigenvalue weighted by Gasteiger charge is -2.11. The Kier molecular flexibility index (Phi) is 4.80. The van der Waals surface area contributed by atoms with Crippen LogP contribution in [0.25, 0.3) is 0 Å². The largest absolute Gasteiger partial charge is 0.351 e. The summed E-state index contributed by atoms with van der Waals surface area (Å²) in [7, 11) is -0.469. The highest BCUT2D eigenvalue weighted by Gasteiger charge is 2.14. The van der Waals surface area contributed by atoms with Crippen molar-refractivity contribution in [3.05, 3.63) is 35.6 Å². The smallest absolute Gasteiger partial charge is 0.251 e. The molecule has 0 bridgehead atoms. The number of halogens is 1. The number of carbonyl (C=O) groups is 1. The van der Waals surface area contributed by atoms with E-state index in [0.29, 0.717) is 5.56 Å². The Morgan fingerprint density at radius 1 is 1.28 bits per heavy atom. The van der Waals surface area contributed by atoms with E-state index >= 15 is 0 Å². The molecule has 0 unspecified atom stereocenters. The van der Waals surface area contributed by atoms with Gasteiger partial charge in [-0.2, -0.15) is 0 Å². The van der Waals surface area contributed by atoms with Crippen molar-refractivity contribution in [2.24, 2.45) is 0 Å². The number of sulfonamides is 1. The molecule has 5 nitrogen and oxygen atoms in total. The second kappa shape index (κ2) is 5.92. The number of hydrogen-bond donors (Lipinski definition) is 1. The SMILES string of the molecule is CN(C)S(=O)(=O)CCNC(=O)c1ccc(F)cc1. The van der Waals surface area contributed by atoms with E-state index in [0.717, 1.165) is 4.31 Å². The van der Waals surface area contributed by atoms with Crippen molar-refractivity contribution in [3.8, 4) is 0 Å². The Morgan fingerprint density at radius 3 is 2.33 bits per heavy atom. The molecule has 0 spiro atoms. The second-order valence-corrected chi connectivity index (χ2v) is 6.16. The van der Waals surface area contributed by atoms with Crippen molar-refractivity contribution in [3.63, 3.8) is 0 Å². The highest BCUT2D eigenvalue weighted by molar-refractivity contribution is 7.89. The molecular formula is C11H15FN2O3S. The van der Waals surface area contributed by atoms with Crippen molar-refractivity contribution in [2.75, 3.05) is 26.4 Å². The number of amides is 1. The zero-order valence-electron chi connectivity index (χ0n) is 10.2. The predicted molar refractivity (Wildman–Crippen MR) is 66.2 cm³/mol. The molecule has 0 aliphatic rings. The molecule has 1 amide bonds. The molecule has 0 heterocycles. The lowest BCUT2D eigenvalue weighted by Crippen LogP contribution is -2.33. The second-order valence-electron chi connectivity index (χ2n) is 3.86. The average molecular weight is 274 g/mol. The van der Waals surface area contributed by atoms with E-state index in [1.165, 1.54) is 38.4 Å². The molecule has 0 saturated heterocycles. The van der Waals surface area contributed by atoms with Gasteiger partial charge in [0, 0.05) is 26.2 Å². The predicted octanol–water partition coefficient (Wildman–Crippen LogP) is 0.447. The maximum atomic E-state index is 12.6. The monoisotopic (exact) mass is 274 g/mol. The maximum absolute atomic E-state index is 12.6. The summed E-state index contributed by atoms with van der Waals surface area (Å²) in [5.74, 6) is -1.03. The number of nitrogens with zero attached hydrogens (tertiary/aromatic N) is 1. The van der Waals surface area contributed by atoms with Crippen LogP contribution in [0.4, 0.5) is 4.39 Å². The molecule has 1 N–H and O–H groups in total. The quantitative estimate of drug-likeness (QED) is 0.847. The van der Waals surface area contributed by atoms with E-state index in [1.54, 1.807) is 0 Å². The van der Waals surface area contributed by atoms with Crippen LogP contribution in [0.1, 0.15) is 10.4 Å². The Morgan fingerprint density at radius 2 is 1.83 bits per heavy atom. The van der Waals surface area contributed by atoms with Gasteiger partial charge in [-0.15, -0.1) is 0 Å². The lowest BCUT2D eigenvalue weighted by atomic mass is 10.2. The Hall–Kier alpha value is -1.47. The summed E-state index contributed by atoms with van der Waals surface area (Å²) in [6.45, 7) is 0.0106. The molecule has 0 atom stereocenters. The van der Waals surface area contributed by atoms with Gasteiger partial charge in [-0.05, 0) is 24.3 Å². The van der Waals surface area contributed by atoms with E-state index in [2.05, 4.69) is 5.32 Å². The van der Waals surface area contributed by atoms with Gasteiger partial charge < -0.3 is 5.32 Å². The van der Waals surface area contributed by atoms with Gasteiger partial charge in [0.15, 0.2) is 0 Å². The molecule has 0 aliphatic carbocycles. The summed E-state index contributed by atoms with van der Waals surface area (Å²) in [6.07, 6.45) is 0. The topological polar surface area (TPSA) is 66.5 Å². The van der Waals surface area contributed by atoms with Gasteiger partial charge in [-0.1, -0.05) is 0 Å². The first kappa shape index (κ1) is 14.6. The average Bonchev–Trinajstić information content (AvgIpc) is 2.29. The van der Waals surface area contributed by atoms with E-state index in [9.17, 15) is 17.6 Å². The molecule has 1 aromatic carbocycles. The molecule has 0 saturated carbocycles. The molecule has 1 aromatic rings. The summed E-state index contributed by atoms with van der Waals surface area (Å²) in [5.41, 5.74) is 0.290. The van der Waals surface area contributed by atoms with Gasteiger partial charge in [0.05, 0.1) is 5.75 Å². The first-order valence-corrected chi connectivity index (χ1v) is 6.88. The third kappa shape index (κ3) is 4.08. The molecule has 0 aliphatic heterocycles. The van der Waals surface area contributed by atoms with Crippen LogP contribution in [-0.2, 0) is 10.0 Å². The van der Waals surface area contributed by atoms with Crippen molar-refractivity contribution in [1.29, 1.82) is 0 Å². The molecule has 7 heteroatoms. The number of benzene rings is 1. The summed E-state index contributed by atoms with van der Waals surface area (Å²) in [4.78, 5) is 11.6. The van der Waals surface area contributed by atoms with Crippen LogP contribution in [-0.4, -0.2) is 45.0 Å². The molecule has 1 rings (SSSR count). The number of rotatable bonds is 5. The van der Waals surface area contributed by atoms with Crippen molar-refractivity contribution in [2.45, 2.75) is 0 Å². The van der Waals surface area contributed by atoms with Crippen LogP contribution in [0.5, 0.6) is 0 Å². The van der Waals surface area contributed by atoms with Crippen LogP contribution in [0.3, 0.4) is 0 Å². The molecular weight excluding hydrogens is 259 g/mol. The van der Waals surface area contributed by atoms with E-state index in [4.69, 9.17) is 0 Å². The van der Waals surface area contributed by atoms with Gasteiger partial charge in [0.25, 0.3) is 5.91 Å². The number of hydrogen-bond acceptors (Lipinski definition) is 3. The van der Waals surface area contributed by atoms with Crippen LogP contribution in [0.2, 0.25) is 0 Å². The minimum absolute atomic E-state index is 0.0106. The van der Waals surface area contributed by atoms with E-state index in [1.807, 2.05) is 0 Å². The minimum Gasteiger partial charge on any atom is -0.351 e. The number of nitrogens with one attached hydrogen (secondary N) is 1. The molecule has 18 heavy (non-hydrogen) atoms. The van der Waals surface area contributed by atoms with Gasteiger partial charge in [-0.25, -0.2) is 17.1 Å². The van der Waals surface area contributed by atoms with Crippen molar-refractivity contribution >= 4 is 15.9 Å². The first-order chi connectivity index (χ1) is 8.33. The minimum atomic E-state index is -3.32. The highest BCUT2D eigenvalue weighted by Crippen LogP contribution is 2.02. The zero-order chi connectivity index (χ0) is 13.8. The fraction of sp³-hybridized carbons (Fsp3) is 0.364. The molecule has 0 aromatic heterocycles. The van der Waals surface area contributed by atoms with Gasteiger partial charge in [-0.3, -0.25) is 4.79 Å². The van der Waals surface area contributed by atoms with Crippen LogP contribution in [0.15, 0.2) is 24.3 Å². The first-order valence-electron chi connectivity index (χ1n) is 5.27. The van der Waals surface area contributed by atoms with Crippen LogP contribution >= 0.6 is 0 Å². The third-order valence-electron chi connectivity index (χ3n) is 2.31. The van der Waals surface area contributed by atoms with Gasteiger partial charge in [0.1, 0.15) is 5.82 Å².